The lowest BCUT2D eigenvalue weighted by molar-refractivity contribution is -0.143. The number of carboxylic acid groups (broad SMARTS) is 1. The fraction of sp³-hybridized carbons (Fsp3) is 0.526. The van der Waals surface area contributed by atoms with Crippen molar-refractivity contribution >= 4 is 18.0 Å². The summed E-state index contributed by atoms with van der Waals surface area (Å²) < 4.78 is 5.13. The van der Waals surface area contributed by atoms with E-state index in [1.54, 1.807) is 20.8 Å². The van der Waals surface area contributed by atoms with Crippen LogP contribution in [0.1, 0.15) is 39.7 Å². The Morgan fingerprint density at radius 1 is 1.04 bits per heavy atom. The van der Waals surface area contributed by atoms with Gasteiger partial charge in [-0.3, -0.25) is 4.79 Å². The van der Waals surface area contributed by atoms with Crippen LogP contribution in [0.15, 0.2) is 30.3 Å². The third kappa shape index (κ3) is 6.74. The van der Waals surface area contributed by atoms with Crippen molar-refractivity contribution in [3.63, 3.8) is 0 Å². The summed E-state index contributed by atoms with van der Waals surface area (Å²) in [6, 6.07) is 7.29. The van der Waals surface area contributed by atoms with Gasteiger partial charge in [0.2, 0.25) is 5.91 Å². The average molecular weight is 364 g/mol. The second-order valence-corrected chi connectivity index (χ2v) is 6.64. The summed E-state index contributed by atoms with van der Waals surface area (Å²) in [5, 5.41) is 14.4. The minimum atomic E-state index is -1.10. The van der Waals surface area contributed by atoms with Crippen LogP contribution in [0, 0.1) is 11.8 Å². The molecule has 2 amide bonds. The number of hydrogen-bond donors (Lipinski definition) is 3. The molecule has 0 saturated carbocycles. The summed E-state index contributed by atoms with van der Waals surface area (Å²) in [6.07, 6.45) is -0.117. The van der Waals surface area contributed by atoms with Crippen LogP contribution in [-0.4, -0.2) is 35.2 Å². The molecule has 0 aliphatic rings. The molecular formula is C19H28N2O5. The normalized spacial score (nSPS) is 14.2. The van der Waals surface area contributed by atoms with E-state index in [2.05, 4.69) is 10.6 Å². The molecule has 26 heavy (non-hydrogen) atoms. The van der Waals surface area contributed by atoms with Gasteiger partial charge in [0.15, 0.2) is 0 Å². The summed E-state index contributed by atoms with van der Waals surface area (Å²) in [7, 11) is 0. The zero-order valence-electron chi connectivity index (χ0n) is 15.7. The molecule has 0 fully saturated rings. The van der Waals surface area contributed by atoms with E-state index < -0.39 is 30.1 Å². The first kappa shape index (κ1) is 21.5. The molecule has 0 saturated heterocycles. The molecule has 3 N–H and O–H groups in total. The molecule has 3 atom stereocenters. The highest BCUT2D eigenvalue weighted by Crippen LogP contribution is 2.10. The van der Waals surface area contributed by atoms with Crippen molar-refractivity contribution in [3.05, 3.63) is 35.9 Å². The van der Waals surface area contributed by atoms with Crippen molar-refractivity contribution in [3.8, 4) is 0 Å². The second kappa shape index (κ2) is 10.4. The van der Waals surface area contributed by atoms with E-state index in [0.29, 0.717) is 6.42 Å². The van der Waals surface area contributed by atoms with Crippen molar-refractivity contribution in [2.24, 2.45) is 11.8 Å². The first-order valence-electron chi connectivity index (χ1n) is 8.76. The number of aliphatic carboxylic acids is 1. The number of nitrogens with one attached hydrogen (secondary N) is 2. The van der Waals surface area contributed by atoms with Crippen molar-refractivity contribution in [2.45, 2.75) is 52.8 Å². The smallest absolute Gasteiger partial charge is 0.408 e. The molecule has 0 spiro atoms. The van der Waals surface area contributed by atoms with Crippen molar-refractivity contribution in [1.82, 2.24) is 10.6 Å². The Morgan fingerprint density at radius 2 is 1.65 bits per heavy atom. The highest BCUT2D eigenvalue weighted by atomic mass is 16.5. The maximum absolute atomic E-state index is 12.5. The largest absolute Gasteiger partial charge is 0.480 e. The van der Waals surface area contributed by atoms with E-state index in [0.717, 1.165) is 5.56 Å². The summed E-state index contributed by atoms with van der Waals surface area (Å²) in [4.78, 5) is 35.9. The third-order valence-electron chi connectivity index (χ3n) is 4.21. The Morgan fingerprint density at radius 3 is 2.15 bits per heavy atom. The van der Waals surface area contributed by atoms with Crippen molar-refractivity contribution in [2.75, 3.05) is 0 Å². The molecule has 0 unspecified atom stereocenters. The quantitative estimate of drug-likeness (QED) is 0.625. The van der Waals surface area contributed by atoms with Gasteiger partial charge in [0.1, 0.15) is 18.7 Å². The van der Waals surface area contributed by atoms with E-state index in [9.17, 15) is 19.5 Å². The van der Waals surface area contributed by atoms with Gasteiger partial charge in [-0.05, 0) is 17.4 Å². The molecule has 0 heterocycles. The zero-order chi connectivity index (χ0) is 19.7. The lowest BCUT2D eigenvalue weighted by Gasteiger charge is -2.26. The molecular weight excluding hydrogens is 336 g/mol. The number of hydrogen-bond acceptors (Lipinski definition) is 4. The number of carbonyl (C=O) groups excluding carboxylic acids is 2. The molecule has 1 aromatic carbocycles. The topological polar surface area (TPSA) is 105 Å². The molecule has 7 nitrogen and oxygen atoms in total. The molecule has 0 aliphatic carbocycles. The molecule has 1 rings (SSSR count). The SMILES string of the molecule is CC[C@@H](C)[C@@H](NC(=O)[C@@H](NC(=O)OCc1ccccc1)C(C)C)C(=O)O. The van der Waals surface area contributed by atoms with Gasteiger partial charge in [0.05, 0.1) is 0 Å². The van der Waals surface area contributed by atoms with Crippen LogP contribution in [0.5, 0.6) is 0 Å². The molecule has 0 aromatic heterocycles. The van der Waals surface area contributed by atoms with E-state index in [-0.39, 0.29) is 18.4 Å². The standard InChI is InChI=1S/C19H28N2O5/c1-5-13(4)16(18(23)24)20-17(22)15(12(2)3)21-19(25)26-11-14-9-7-6-8-10-14/h6-10,12-13,15-16H,5,11H2,1-4H3,(H,20,22)(H,21,25)(H,23,24)/t13-,15+,16-/m1/s1. The fourth-order valence-electron chi connectivity index (χ4n) is 2.35. The Balaban J connectivity index is 2.67. The minimum absolute atomic E-state index is 0.0870. The summed E-state index contributed by atoms with van der Waals surface area (Å²) in [5.41, 5.74) is 0.830. The van der Waals surface area contributed by atoms with Crippen LogP contribution < -0.4 is 10.6 Å². The molecule has 1 aromatic rings. The minimum Gasteiger partial charge on any atom is -0.480 e. The van der Waals surface area contributed by atoms with Gasteiger partial charge < -0.3 is 20.5 Å². The van der Waals surface area contributed by atoms with Crippen LogP contribution >= 0.6 is 0 Å². The number of ether oxygens (including phenoxy) is 1. The molecule has 0 bridgehead atoms. The predicted molar refractivity (Wildman–Crippen MR) is 97.4 cm³/mol. The monoisotopic (exact) mass is 364 g/mol. The molecule has 0 radical (unpaired) electrons. The van der Waals surface area contributed by atoms with E-state index >= 15 is 0 Å². The number of carboxylic acids is 1. The second-order valence-electron chi connectivity index (χ2n) is 6.64. The van der Waals surface area contributed by atoms with Gasteiger partial charge in [0, 0.05) is 0 Å². The van der Waals surface area contributed by atoms with Crippen molar-refractivity contribution in [1.29, 1.82) is 0 Å². The number of alkyl carbamates (subject to hydrolysis) is 1. The van der Waals surface area contributed by atoms with E-state index in [1.807, 2.05) is 37.3 Å². The average Bonchev–Trinajstić information content (AvgIpc) is 2.61. The van der Waals surface area contributed by atoms with E-state index in [1.165, 1.54) is 0 Å². The fourth-order valence-corrected chi connectivity index (χ4v) is 2.35. The summed E-state index contributed by atoms with van der Waals surface area (Å²) in [6.45, 7) is 7.22. The van der Waals surface area contributed by atoms with Gasteiger partial charge in [-0.15, -0.1) is 0 Å². The number of carbonyl (C=O) groups is 3. The molecule has 0 aliphatic heterocycles. The van der Waals surface area contributed by atoms with Crippen LogP contribution in [-0.2, 0) is 20.9 Å². The Kier molecular flexibility index (Phi) is 8.61. The van der Waals surface area contributed by atoms with E-state index in [4.69, 9.17) is 4.74 Å². The van der Waals surface area contributed by atoms with Gasteiger partial charge >= 0.3 is 12.1 Å². The van der Waals surface area contributed by atoms with Crippen LogP contribution in [0.3, 0.4) is 0 Å². The molecule has 7 heteroatoms. The highest BCUT2D eigenvalue weighted by molar-refractivity contribution is 5.89. The first-order valence-corrected chi connectivity index (χ1v) is 8.76. The molecule has 144 valence electrons. The Hall–Kier alpha value is -2.57. The van der Waals surface area contributed by atoms with Gasteiger partial charge in [-0.1, -0.05) is 64.4 Å². The highest BCUT2D eigenvalue weighted by Gasteiger charge is 2.31. The summed E-state index contributed by atoms with van der Waals surface area (Å²) >= 11 is 0. The maximum Gasteiger partial charge on any atom is 0.408 e. The van der Waals surface area contributed by atoms with Crippen molar-refractivity contribution < 1.29 is 24.2 Å². The van der Waals surface area contributed by atoms with Gasteiger partial charge in [-0.25, -0.2) is 9.59 Å². The first-order chi connectivity index (χ1) is 12.3. The Labute approximate surface area is 154 Å². The summed E-state index contributed by atoms with van der Waals surface area (Å²) in [5.74, 6) is -2.09. The zero-order valence-corrected chi connectivity index (χ0v) is 15.7. The number of rotatable bonds is 9. The van der Waals surface area contributed by atoms with Crippen LogP contribution in [0.25, 0.3) is 0 Å². The Bertz CT molecular complexity index is 603. The van der Waals surface area contributed by atoms with Gasteiger partial charge in [-0.2, -0.15) is 0 Å². The third-order valence-corrected chi connectivity index (χ3v) is 4.21. The number of amides is 2. The predicted octanol–water partition coefficient (Wildman–Crippen LogP) is 2.55. The van der Waals surface area contributed by atoms with Gasteiger partial charge in [0.25, 0.3) is 0 Å². The van der Waals surface area contributed by atoms with Crippen LogP contribution in [0.2, 0.25) is 0 Å². The van der Waals surface area contributed by atoms with Crippen LogP contribution in [0.4, 0.5) is 4.79 Å². The lowest BCUT2D eigenvalue weighted by Crippen LogP contribution is -2.55. The lowest BCUT2D eigenvalue weighted by atomic mass is 9.97. The maximum atomic E-state index is 12.5. The number of benzene rings is 1.